The minimum absolute atomic E-state index is 0.0532. The third kappa shape index (κ3) is 3.40. The fourth-order valence-corrected chi connectivity index (χ4v) is 4.38. The number of rotatable bonds is 3. The maximum absolute atomic E-state index is 13.1. The van der Waals surface area contributed by atoms with Crippen molar-refractivity contribution in [3.8, 4) is 0 Å². The van der Waals surface area contributed by atoms with Gasteiger partial charge in [-0.05, 0) is 25.0 Å². The van der Waals surface area contributed by atoms with Crippen LogP contribution in [0.3, 0.4) is 0 Å². The van der Waals surface area contributed by atoms with E-state index in [9.17, 15) is 9.59 Å². The van der Waals surface area contributed by atoms with E-state index in [0.29, 0.717) is 32.7 Å². The van der Waals surface area contributed by atoms with Gasteiger partial charge in [-0.3, -0.25) is 14.6 Å². The molecule has 3 fully saturated rings. The number of hydrogen-bond donors (Lipinski definition) is 0. The van der Waals surface area contributed by atoms with Gasteiger partial charge < -0.3 is 14.5 Å². The number of likely N-dealkylation sites (tertiary alicyclic amines) is 1. The van der Waals surface area contributed by atoms with E-state index in [-0.39, 0.29) is 29.9 Å². The van der Waals surface area contributed by atoms with Crippen molar-refractivity contribution in [3.63, 3.8) is 0 Å². The van der Waals surface area contributed by atoms with Crippen molar-refractivity contribution < 1.29 is 14.3 Å². The van der Waals surface area contributed by atoms with Gasteiger partial charge in [0.2, 0.25) is 11.8 Å². The molecular formula is C19H25N3O3. The highest BCUT2D eigenvalue weighted by Crippen LogP contribution is 2.31. The predicted octanol–water partition coefficient (Wildman–Crippen LogP) is 1.60. The van der Waals surface area contributed by atoms with Crippen molar-refractivity contribution >= 4 is 11.8 Å². The molecule has 6 nitrogen and oxygen atoms in total. The lowest BCUT2D eigenvalue weighted by atomic mass is 9.89. The Kier molecular flexibility index (Phi) is 4.70. The lowest BCUT2D eigenvalue weighted by molar-refractivity contribution is -0.153. The first kappa shape index (κ1) is 16.5. The Morgan fingerprint density at radius 1 is 1.28 bits per heavy atom. The molecule has 0 aromatic carbocycles. The molecule has 0 N–H and O–H groups in total. The summed E-state index contributed by atoms with van der Waals surface area (Å²) >= 11 is 0. The van der Waals surface area contributed by atoms with Crippen molar-refractivity contribution in [1.29, 1.82) is 0 Å². The lowest BCUT2D eigenvalue weighted by Crippen LogP contribution is -2.56. The maximum atomic E-state index is 13.1. The molecule has 2 aliphatic heterocycles. The Morgan fingerprint density at radius 2 is 2.16 bits per heavy atom. The molecule has 0 bridgehead atoms. The number of fused-ring (bicyclic) bond motifs is 1. The highest BCUT2D eigenvalue weighted by Gasteiger charge is 2.42. The minimum atomic E-state index is -0.225. The van der Waals surface area contributed by atoms with Gasteiger partial charge in [-0.25, -0.2) is 0 Å². The quantitative estimate of drug-likeness (QED) is 0.836. The number of ether oxygens (including phenoxy) is 1. The van der Waals surface area contributed by atoms with Gasteiger partial charge in [0.05, 0.1) is 36.9 Å². The highest BCUT2D eigenvalue weighted by molar-refractivity contribution is 5.89. The Morgan fingerprint density at radius 3 is 3.00 bits per heavy atom. The van der Waals surface area contributed by atoms with Crippen molar-refractivity contribution in [2.24, 2.45) is 5.92 Å². The second kappa shape index (κ2) is 7.12. The molecule has 4 rings (SSSR count). The molecule has 2 amide bonds. The first-order chi connectivity index (χ1) is 12.2. The molecule has 2 saturated heterocycles. The van der Waals surface area contributed by atoms with Gasteiger partial charge in [-0.2, -0.15) is 0 Å². The average Bonchev–Trinajstić information content (AvgIpc) is 3.02. The van der Waals surface area contributed by atoms with Gasteiger partial charge in [0, 0.05) is 25.7 Å². The summed E-state index contributed by atoms with van der Waals surface area (Å²) in [6.07, 6.45) is 6.65. The second-order valence-electron chi connectivity index (χ2n) is 7.29. The first-order valence-corrected chi connectivity index (χ1v) is 9.32. The molecule has 3 heterocycles. The smallest absolute Gasteiger partial charge is 0.228 e. The molecule has 0 spiro atoms. The number of aromatic nitrogens is 1. The van der Waals surface area contributed by atoms with Crippen LogP contribution in [-0.2, 0) is 20.9 Å². The third-order valence-corrected chi connectivity index (χ3v) is 5.66. The number of pyridine rings is 1. The fraction of sp³-hybridized carbons (Fsp3) is 0.632. The maximum Gasteiger partial charge on any atom is 0.228 e. The van der Waals surface area contributed by atoms with Crippen LogP contribution in [0.1, 0.15) is 37.8 Å². The number of morpholine rings is 1. The molecule has 1 aliphatic carbocycles. The van der Waals surface area contributed by atoms with Gasteiger partial charge >= 0.3 is 0 Å². The number of nitrogens with zero attached hydrogens (tertiary/aromatic N) is 3. The topological polar surface area (TPSA) is 62.7 Å². The summed E-state index contributed by atoms with van der Waals surface area (Å²) < 4.78 is 5.87. The molecule has 6 heteroatoms. The number of hydrogen-bond acceptors (Lipinski definition) is 4. The zero-order chi connectivity index (χ0) is 17.2. The third-order valence-electron chi connectivity index (χ3n) is 5.66. The first-order valence-electron chi connectivity index (χ1n) is 9.32. The van der Waals surface area contributed by atoms with Crippen molar-refractivity contribution in [1.82, 2.24) is 14.8 Å². The van der Waals surface area contributed by atoms with Crippen LogP contribution in [0, 0.1) is 5.92 Å². The zero-order valence-electron chi connectivity index (χ0n) is 14.5. The zero-order valence-corrected chi connectivity index (χ0v) is 14.5. The largest absolute Gasteiger partial charge is 0.374 e. The van der Waals surface area contributed by atoms with E-state index in [1.807, 2.05) is 23.1 Å². The molecule has 0 radical (unpaired) electrons. The Labute approximate surface area is 148 Å². The predicted molar refractivity (Wildman–Crippen MR) is 91.5 cm³/mol. The summed E-state index contributed by atoms with van der Waals surface area (Å²) in [6.45, 7) is 2.26. The van der Waals surface area contributed by atoms with Gasteiger partial charge in [0.25, 0.3) is 0 Å². The molecule has 3 aliphatic rings. The molecule has 3 atom stereocenters. The summed E-state index contributed by atoms with van der Waals surface area (Å²) in [4.78, 5) is 33.5. The van der Waals surface area contributed by atoms with E-state index in [4.69, 9.17) is 4.74 Å². The lowest BCUT2D eigenvalue weighted by Gasteiger charge is -2.44. The molecule has 1 saturated carbocycles. The van der Waals surface area contributed by atoms with Crippen molar-refractivity contribution in [2.75, 3.05) is 19.7 Å². The Bertz CT molecular complexity index is 634. The summed E-state index contributed by atoms with van der Waals surface area (Å²) in [5, 5.41) is 0. The Balaban J connectivity index is 1.41. The molecule has 1 aromatic heterocycles. The van der Waals surface area contributed by atoms with E-state index in [2.05, 4.69) is 4.98 Å². The molecular weight excluding hydrogens is 318 g/mol. The van der Waals surface area contributed by atoms with Gasteiger partial charge in [-0.15, -0.1) is 0 Å². The SMILES string of the molecule is O=C1C[C@H](C(=O)N2CCO[C@H]3CCCC[C@@H]32)CN1Cc1ccccn1. The second-order valence-corrected chi connectivity index (χ2v) is 7.29. The standard InChI is InChI=1S/C19H25N3O3/c23-18-11-14(12-21(18)13-15-5-3-4-8-20-15)19(24)22-9-10-25-17-7-2-1-6-16(17)22/h3-5,8,14,16-17H,1-2,6-7,9-13H2/t14-,16-,17-/m0/s1. The number of carbonyl (C=O) groups is 2. The van der Waals surface area contributed by atoms with Crippen LogP contribution < -0.4 is 0 Å². The van der Waals surface area contributed by atoms with Gasteiger partial charge in [-0.1, -0.05) is 18.9 Å². The summed E-state index contributed by atoms with van der Waals surface area (Å²) in [5.41, 5.74) is 0.864. The fourth-order valence-electron chi connectivity index (χ4n) is 4.38. The highest BCUT2D eigenvalue weighted by atomic mass is 16.5. The van der Waals surface area contributed by atoms with Crippen LogP contribution in [0.4, 0.5) is 0 Å². The number of amides is 2. The van der Waals surface area contributed by atoms with Crippen molar-refractivity contribution in [2.45, 2.75) is 50.8 Å². The van der Waals surface area contributed by atoms with E-state index in [0.717, 1.165) is 25.0 Å². The Hall–Kier alpha value is -1.95. The monoisotopic (exact) mass is 343 g/mol. The minimum Gasteiger partial charge on any atom is -0.374 e. The van der Waals surface area contributed by atoms with Crippen LogP contribution in [0.15, 0.2) is 24.4 Å². The molecule has 25 heavy (non-hydrogen) atoms. The van der Waals surface area contributed by atoms with E-state index in [1.54, 1.807) is 11.1 Å². The van der Waals surface area contributed by atoms with Crippen LogP contribution >= 0.6 is 0 Å². The van der Waals surface area contributed by atoms with Crippen molar-refractivity contribution in [3.05, 3.63) is 30.1 Å². The van der Waals surface area contributed by atoms with Crippen LogP contribution in [0.25, 0.3) is 0 Å². The summed E-state index contributed by atoms with van der Waals surface area (Å²) in [7, 11) is 0. The van der Waals surface area contributed by atoms with Crippen LogP contribution in [-0.4, -0.2) is 58.4 Å². The normalized spacial score (nSPS) is 29.6. The van der Waals surface area contributed by atoms with E-state index >= 15 is 0 Å². The number of carbonyl (C=O) groups excluding carboxylic acids is 2. The molecule has 1 aromatic rings. The average molecular weight is 343 g/mol. The van der Waals surface area contributed by atoms with Gasteiger partial charge in [0.15, 0.2) is 0 Å². The van der Waals surface area contributed by atoms with Crippen LogP contribution in [0.5, 0.6) is 0 Å². The van der Waals surface area contributed by atoms with Gasteiger partial charge in [0.1, 0.15) is 0 Å². The molecule has 0 unspecified atom stereocenters. The summed E-state index contributed by atoms with van der Waals surface area (Å²) in [6, 6.07) is 5.90. The molecule has 134 valence electrons. The van der Waals surface area contributed by atoms with E-state index < -0.39 is 0 Å². The summed E-state index contributed by atoms with van der Waals surface area (Å²) in [5.74, 6) is -0.0357. The van der Waals surface area contributed by atoms with E-state index in [1.165, 1.54) is 6.42 Å². The van der Waals surface area contributed by atoms with Crippen LogP contribution in [0.2, 0.25) is 0 Å².